The Hall–Kier alpha value is -1.06. The summed E-state index contributed by atoms with van der Waals surface area (Å²) in [5.74, 6) is -0.226. The van der Waals surface area contributed by atoms with Gasteiger partial charge in [-0.3, -0.25) is 4.79 Å². The van der Waals surface area contributed by atoms with Gasteiger partial charge in [0.25, 0.3) is 5.91 Å². The second-order valence-corrected chi connectivity index (χ2v) is 4.48. The maximum atomic E-state index is 11.7. The van der Waals surface area contributed by atoms with Crippen LogP contribution in [0.1, 0.15) is 30.6 Å². The average molecular weight is 242 g/mol. The molecule has 3 nitrogen and oxygen atoms in total. The molecule has 0 aliphatic rings. The monoisotopic (exact) mass is 241 g/mol. The van der Waals surface area contributed by atoms with Crippen LogP contribution in [0.2, 0.25) is 5.02 Å². The van der Waals surface area contributed by atoms with E-state index in [4.69, 9.17) is 11.6 Å². The van der Waals surface area contributed by atoms with E-state index in [1.54, 1.807) is 31.2 Å². The van der Waals surface area contributed by atoms with Crippen molar-refractivity contribution < 1.29 is 9.90 Å². The van der Waals surface area contributed by atoms with Gasteiger partial charge in [0, 0.05) is 17.1 Å². The van der Waals surface area contributed by atoms with Crippen molar-refractivity contribution in [3.8, 4) is 0 Å². The number of carbonyl (C=O) groups excluding carboxylic acids is 1. The predicted molar refractivity (Wildman–Crippen MR) is 64.7 cm³/mol. The Bertz CT molecular complexity index is 377. The van der Waals surface area contributed by atoms with Gasteiger partial charge >= 0.3 is 0 Å². The number of hydrogen-bond donors (Lipinski definition) is 2. The third-order valence-corrected chi connectivity index (χ3v) is 2.71. The largest absolute Gasteiger partial charge is 0.388 e. The fourth-order valence-corrected chi connectivity index (χ4v) is 1.32. The van der Waals surface area contributed by atoms with Gasteiger partial charge in [0.2, 0.25) is 0 Å². The number of amides is 1. The quantitative estimate of drug-likeness (QED) is 0.849. The molecule has 1 unspecified atom stereocenters. The number of nitrogens with one attached hydrogen (secondary N) is 1. The van der Waals surface area contributed by atoms with Gasteiger partial charge in [-0.05, 0) is 31.5 Å². The zero-order valence-electron chi connectivity index (χ0n) is 9.46. The second-order valence-electron chi connectivity index (χ2n) is 4.04. The third-order valence-electron chi connectivity index (χ3n) is 2.48. The molecule has 0 radical (unpaired) electrons. The van der Waals surface area contributed by atoms with Crippen LogP contribution in [-0.2, 0) is 0 Å². The minimum absolute atomic E-state index is 0.226. The topological polar surface area (TPSA) is 49.3 Å². The van der Waals surface area contributed by atoms with Crippen LogP contribution in [0, 0.1) is 0 Å². The zero-order chi connectivity index (χ0) is 12.2. The van der Waals surface area contributed by atoms with Gasteiger partial charge in [-0.1, -0.05) is 24.6 Å². The first-order chi connectivity index (χ1) is 7.44. The maximum Gasteiger partial charge on any atom is 0.251 e. The summed E-state index contributed by atoms with van der Waals surface area (Å²) in [5, 5.41) is 12.9. The molecule has 16 heavy (non-hydrogen) atoms. The van der Waals surface area contributed by atoms with Crippen molar-refractivity contribution in [1.29, 1.82) is 0 Å². The molecule has 0 aliphatic heterocycles. The van der Waals surface area contributed by atoms with Gasteiger partial charge in [0.15, 0.2) is 0 Å². The van der Waals surface area contributed by atoms with Crippen LogP contribution in [0.3, 0.4) is 0 Å². The minimum Gasteiger partial charge on any atom is -0.388 e. The van der Waals surface area contributed by atoms with Crippen molar-refractivity contribution in [3.63, 3.8) is 0 Å². The van der Waals surface area contributed by atoms with E-state index in [9.17, 15) is 9.90 Å². The molecule has 0 bridgehead atoms. The van der Waals surface area contributed by atoms with Crippen LogP contribution in [0.5, 0.6) is 0 Å². The number of halogens is 1. The molecule has 4 heteroatoms. The lowest BCUT2D eigenvalue weighted by molar-refractivity contribution is 0.0518. The van der Waals surface area contributed by atoms with Crippen LogP contribution >= 0.6 is 11.6 Å². The fourth-order valence-electron chi connectivity index (χ4n) is 1.13. The van der Waals surface area contributed by atoms with Gasteiger partial charge in [0.1, 0.15) is 0 Å². The van der Waals surface area contributed by atoms with E-state index in [1.165, 1.54) is 0 Å². The average Bonchev–Trinajstić information content (AvgIpc) is 2.26. The second kappa shape index (κ2) is 5.32. The molecule has 1 rings (SSSR count). The Morgan fingerprint density at radius 3 is 2.81 bits per heavy atom. The van der Waals surface area contributed by atoms with Gasteiger partial charge in [-0.15, -0.1) is 0 Å². The number of benzene rings is 1. The van der Waals surface area contributed by atoms with E-state index in [1.807, 2.05) is 6.92 Å². The van der Waals surface area contributed by atoms with Crippen molar-refractivity contribution in [2.24, 2.45) is 0 Å². The van der Waals surface area contributed by atoms with Crippen molar-refractivity contribution in [3.05, 3.63) is 34.9 Å². The lowest BCUT2D eigenvalue weighted by Crippen LogP contribution is -2.40. The van der Waals surface area contributed by atoms with Crippen molar-refractivity contribution >= 4 is 17.5 Å². The summed E-state index contributed by atoms with van der Waals surface area (Å²) < 4.78 is 0. The summed E-state index contributed by atoms with van der Waals surface area (Å²) in [4.78, 5) is 11.7. The summed E-state index contributed by atoms with van der Waals surface area (Å²) in [6.45, 7) is 3.78. The fraction of sp³-hybridized carbons (Fsp3) is 0.417. The lowest BCUT2D eigenvalue weighted by Gasteiger charge is -2.21. The molecule has 1 atom stereocenters. The number of carbonyl (C=O) groups is 1. The van der Waals surface area contributed by atoms with E-state index >= 15 is 0 Å². The van der Waals surface area contributed by atoms with Crippen molar-refractivity contribution in [2.45, 2.75) is 25.9 Å². The number of aliphatic hydroxyl groups is 1. The Morgan fingerprint density at radius 1 is 1.56 bits per heavy atom. The highest BCUT2D eigenvalue weighted by molar-refractivity contribution is 6.30. The summed E-state index contributed by atoms with van der Waals surface area (Å²) in [5.41, 5.74) is -0.367. The molecular formula is C12H16ClNO2. The highest BCUT2D eigenvalue weighted by Crippen LogP contribution is 2.11. The zero-order valence-corrected chi connectivity index (χ0v) is 10.2. The molecule has 0 heterocycles. The Balaban J connectivity index is 2.60. The Kier molecular flexibility index (Phi) is 4.33. The van der Waals surface area contributed by atoms with E-state index in [-0.39, 0.29) is 12.5 Å². The van der Waals surface area contributed by atoms with Crippen LogP contribution < -0.4 is 5.32 Å². The van der Waals surface area contributed by atoms with E-state index in [0.29, 0.717) is 17.0 Å². The summed E-state index contributed by atoms with van der Waals surface area (Å²) in [7, 11) is 0. The standard InChI is InChI=1S/C12H16ClNO2/c1-3-12(2,16)8-14-11(15)9-5-4-6-10(13)7-9/h4-7,16H,3,8H2,1-2H3,(H,14,15). The maximum absolute atomic E-state index is 11.7. The molecule has 1 aromatic carbocycles. The molecule has 0 fully saturated rings. The van der Waals surface area contributed by atoms with Gasteiger partial charge in [0.05, 0.1) is 5.60 Å². The highest BCUT2D eigenvalue weighted by atomic mass is 35.5. The van der Waals surface area contributed by atoms with Crippen LogP contribution in [-0.4, -0.2) is 23.2 Å². The van der Waals surface area contributed by atoms with E-state index < -0.39 is 5.60 Å². The summed E-state index contributed by atoms with van der Waals surface area (Å²) in [6.07, 6.45) is 0.586. The first-order valence-corrected chi connectivity index (χ1v) is 5.58. The molecule has 0 spiro atoms. The SMILES string of the molecule is CCC(C)(O)CNC(=O)c1cccc(Cl)c1. The molecule has 1 aromatic rings. The summed E-state index contributed by atoms with van der Waals surface area (Å²) in [6, 6.07) is 6.70. The summed E-state index contributed by atoms with van der Waals surface area (Å²) >= 11 is 5.78. The third kappa shape index (κ3) is 3.83. The molecule has 0 aliphatic carbocycles. The number of hydrogen-bond acceptors (Lipinski definition) is 2. The predicted octanol–water partition coefficient (Wildman–Crippen LogP) is 2.23. The van der Waals surface area contributed by atoms with Crippen LogP contribution in [0.4, 0.5) is 0 Å². The molecule has 0 aromatic heterocycles. The first-order valence-electron chi connectivity index (χ1n) is 5.21. The van der Waals surface area contributed by atoms with Gasteiger partial charge < -0.3 is 10.4 Å². The van der Waals surface area contributed by atoms with Crippen LogP contribution in [0.25, 0.3) is 0 Å². The van der Waals surface area contributed by atoms with Gasteiger partial charge in [-0.25, -0.2) is 0 Å². The van der Waals surface area contributed by atoms with Crippen molar-refractivity contribution in [1.82, 2.24) is 5.32 Å². The smallest absolute Gasteiger partial charge is 0.251 e. The van der Waals surface area contributed by atoms with E-state index in [2.05, 4.69) is 5.32 Å². The molecule has 2 N–H and O–H groups in total. The van der Waals surface area contributed by atoms with Crippen LogP contribution in [0.15, 0.2) is 24.3 Å². The van der Waals surface area contributed by atoms with E-state index in [0.717, 1.165) is 0 Å². The van der Waals surface area contributed by atoms with Gasteiger partial charge in [-0.2, -0.15) is 0 Å². The normalized spacial score (nSPS) is 14.2. The minimum atomic E-state index is -0.867. The molecule has 1 amide bonds. The molecule has 0 saturated carbocycles. The first kappa shape index (κ1) is 13.0. The number of rotatable bonds is 4. The highest BCUT2D eigenvalue weighted by Gasteiger charge is 2.18. The molecular weight excluding hydrogens is 226 g/mol. The Morgan fingerprint density at radius 2 is 2.25 bits per heavy atom. The Labute approximate surface area is 100 Å². The lowest BCUT2D eigenvalue weighted by atomic mass is 10.0. The molecule has 0 saturated heterocycles. The van der Waals surface area contributed by atoms with Crippen molar-refractivity contribution in [2.75, 3.05) is 6.54 Å². The molecule has 88 valence electrons.